The van der Waals surface area contributed by atoms with Gasteiger partial charge in [-0.1, -0.05) is 70.2 Å². The molecule has 0 aliphatic carbocycles. The van der Waals surface area contributed by atoms with E-state index in [4.69, 9.17) is 0 Å². The molecule has 0 aliphatic heterocycles. The van der Waals surface area contributed by atoms with Crippen molar-refractivity contribution in [1.29, 1.82) is 0 Å². The Hall–Kier alpha value is -7.88. The third-order valence-corrected chi connectivity index (χ3v) is 11.9. The molecule has 6 aromatic rings. The lowest BCUT2D eigenvalue weighted by molar-refractivity contribution is -0.139. The number of rotatable bonds is 19. The Morgan fingerprint density at radius 1 is 0.574 bits per heavy atom. The first kappa shape index (κ1) is 49.6. The van der Waals surface area contributed by atoms with E-state index in [9.17, 15) is 48.6 Å². The van der Waals surface area contributed by atoms with E-state index in [1.54, 1.807) is 86.8 Å². The summed E-state index contributed by atoms with van der Waals surface area (Å²) in [6, 6.07) is 22.1. The van der Waals surface area contributed by atoms with Crippen molar-refractivity contribution in [1.82, 2.24) is 29.3 Å². The molecule has 354 valence electrons. The fourth-order valence-electron chi connectivity index (χ4n) is 8.35. The molecule has 2 amide bonds. The second kappa shape index (κ2) is 21.6. The Morgan fingerprint density at radius 2 is 1.12 bits per heavy atom. The standard InChI is InChI=1S/C52H56N6O10/c1-30(2)21-43(57-19-8-7-15-46(57)60)51(67)54-41(27-48(62)63)36-13-9-11-33(23-36)38-25-40(50(66)53-29-38)35-18-20-58(47(61)26-35)44(22-31(3)4)52(68)55-42(28-49(64)65)37-14-10-12-34(24-37)39-16-17-45(59)56(6)32(39)5/h7-20,23-26,29-31,41-44H,21-22,27-28H2,1-6H3,(H,53,66)(H,54,67)(H,55,68)(H,62,63)(H,64,65)/t41-,42-,43-,44?/m0/s1. The second-order valence-corrected chi connectivity index (χ2v) is 17.8. The molecule has 4 atom stereocenters. The Labute approximate surface area is 392 Å². The van der Waals surface area contributed by atoms with Crippen molar-refractivity contribution in [2.45, 2.75) is 84.5 Å². The fourth-order valence-corrected chi connectivity index (χ4v) is 8.35. The van der Waals surface area contributed by atoms with E-state index >= 15 is 0 Å². The molecule has 16 nitrogen and oxygen atoms in total. The van der Waals surface area contributed by atoms with E-state index < -0.39 is 71.9 Å². The zero-order chi connectivity index (χ0) is 49.4. The van der Waals surface area contributed by atoms with Crippen molar-refractivity contribution in [3.05, 3.63) is 174 Å². The van der Waals surface area contributed by atoms with Crippen LogP contribution in [0.5, 0.6) is 0 Å². The van der Waals surface area contributed by atoms with Crippen molar-refractivity contribution in [3.8, 4) is 33.4 Å². The Kier molecular flexibility index (Phi) is 15.8. The summed E-state index contributed by atoms with van der Waals surface area (Å²) in [4.78, 5) is 107. The first-order valence-corrected chi connectivity index (χ1v) is 22.3. The average Bonchev–Trinajstić information content (AvgIpc) is 3.29. The molecule has 4 aromatic heterocycles. The summed E-state index contributed by atoms with van der Waals surface area (Å²) in [5.41, 5.74) is 3.00. The Balaban J connectivity index is 1.28. The second-order valence-electron chi connectivity index (χ2n) is 17.8. The van der Waals surface area contributed by atoms with Crippen LogP contribution < -0.4 is 32.9 Å². The number of carbonyl (C=O) groups excluding carboxylic acids is 2. The SMILES string of the molecule is Cc1c(-c2cccc([C@H](CC(=O)O)NC(=O)C(CC(C)C)n3ccc(-c4cc(-c5cccc([C@H](CC(=O)O)NC(=O)[C@H](CC(C)C)n6ccccc6=O)c5)c[nH]c4=O)cc3=O)c2)ccc(=O)n1C. The molecule has 1 unspecified atom stereocenters. The minimum absolute atomic E-state index is 0.0333. The minimum atomic E-state index is -1.16. The molecular weight excluding hydrogens is 869 g/mol. The van der Waals surface area contributed by atoms with Gasteiger partial charge in [0.2, 0.25) is 17.4 Å². The molecule has 68 heavy (non-hydrogen) atoms. The highest BCUT2D eigenvalue weighted by molar-refractivity contribution is 5.83. The van der Waals surface area contributed by atoms with Gasteiger partial charge in [-0.25, -0.2) is 0 Å². The highest BCUT2D eigenvalue weighted by Gasteiger charge is 2.29. The number of carbonyl (C=O) groups is 4. The largest absolute Gasteiger partial charge is 0.481 e. The van der Waals surface area contributed by atoms with Crippen LogP contribution in [0.2, 0.25) is 0 Å². The maximum absolute atomic E-state index is 14.2. The van der Waals surface area contributed by atoms with Crippen molar-refractivity contribution in [2.24, 2.45) is 18.9 Å². The molecule has 6 rings (SSSR count). The van der Waals surface area contributed by atoms with Gasteiger partial charge in [-0.2, -0.15) is 0 Å². The number of H-pyrrole nitrogens is 1. The number of benzene rings is 2. The Morgan fingerprint density at radius 3 is 1.66 bits per heavy atom. The van der Waals surface area contributed by atoms with Crippen LogP contribution in [0.15, 0.2) is 135 Å². The van der Waals surface area contributed by atoms with E-state index in [-0.39, 0.29) is 40.5 Å². The van der Waals surface area contributed by atoms with Crippen molar-refractivity contribution >= 4 is 23.8 Å². The van der Waals surface area contributed by atoms with Crippen LogP contribution in [0.1, 0.15) is 94.4 Å². The smallest absolute Gasteiger partial charge is 0.305 e. The minimum Gasteiger partial charge on any atom is -0.481 e. The number of carboxylic acid groups (broad SMARTS) is 2. The number of carboxylic acids is 2. The normalized spacial score (nSPS) is 13.1. The lowest BCUT2D eigenvalue weighted by Gasteiger charge is -2.25. The van der Waals surface area contributed by atoms with E-state index in [0.29, 0.717) is 34.4 Å². The maximum atomic E-state index is 14.2. The summed E-state index contributed by atoms with van der Waals surface area (Å²) in [6.45, 7) is 9.43. The quantitative estimate of drug-likeness (QED) is 0.0588. The van der Waals surface area contributed by atoms with E-state index in [0.717, 1.165) is 11.1 Å². The first-order chi connectivity index (χ1) is 32.3. The van der Waals surface area contributed by atoms with E-state index in [1.165, 1.54) is 50.5 Å². The molecule has 0 saturated heterocycles. The van der Waals surface area contributed by atoms with Gasteiger partial charge in [0.15, 0.2) is 0 Å². The van der Waals surface area contributed by atoms with Crippen molar-refractivity contribution < 1.29 is 29.4 Å². The zero-order valence-electron chi connectivity index (χ0n) is 38.8. The van der Waals surface area contributed by atoms with Crippen LogP contribution in [0, 0.1) is 18.8 Å². The van der Waals surface area contributed by atoms with Crippen molar-refractivity contribution in [3.63, 3.8) is 0 Å². The van der Waals surface area contributed by atoms with Gasteiger partial charge in [-0.05, 0) is 101 Å². The van der Waals surface area contributed by atoms with Crippen LogP contribution in [-0.2, 0) is 26.2 Å². The van der Waals surface area contributed by atoms with Gasteiger partial charge in [-0.3, -0.25) is 38.4 Å². The van der Waals surface area contributed by atoms with Crippen molar-refractivity contribution in [2.75, 3.05) is 0 Å². The number of hydrogen-bond donors (Lipinski definition) is 5. The van der Waals surface area contributed by atoms with Gasteiger partial charge in [0.25, 0.3) is 16.7 Å². The van der Waals surface area contributed by atoms with E-state index in [2.05, 4.69) is 15.6 Å². The number of aromatic nitrogens is 4. The summed E-state index contributed by atoms with van der Waals surface area (Å²) in [5, 5.41) is 25.6. The zero-order valence-corrected chi connectivity index (χ0v) is 38.8. The fraction of sp³-hybridized carbons (Fsp3) is 0.308. The number of amides is 2. The number of nitrogens with zero attached hydrogens (tertiary/aromatic N) is 3. The first-order valence-electron chi connectivity index (χ1n) is 22.3. The average molecular weight is 925 g/mol. The summed E-state index contributed by atoms with van der Waals surface area (Å²) < 4.78 is 4.11. The number of pyridine rings is 4. The van der Waals surface area contributed by atoms with Gasteiger partial charge in [-0.15, -0.1) is 0 Å². The summed E-state index contributed by atoms with van der Waals surface area (Å²) in [7, 11) is 1.66. The molecule has 2 aromatic carbocycles. The third-order valence-electron chi connectivity index (χ3n) is 11.9. The summed E-state index contributed by atoms with van der Waals surface area (Å²) >= 11 is 0. The van der Waals surface area contributed by atoms with Gasteiger partial charge in [0.05, 0.1) is 24.9 Å². The number of aromatic amines is 1. The summed E-state index contributed by atoms with van der Waals surface area (Å²) in [5.74, 6) is -3.44. The highest BCUT2D eigenvalue weighted by Crippen LogP contribution is 2.30. The van der Waals surface area contributed by atoms with Gasteiger partial charge in [0.1, 0.15) is 12.1 Å². The van der Waals surface area contributed by atoms with Crippen LogP contribution >= 0.6 is 0 Å². The number of hydrogen-bond acceptors (Lipinski definition) is 8. The predicted molar refractivity (Wildman–Crippen MR) is 258 cm³/mol. The van der Waals surface area contributed by atoms with Gasteiger partial charge in [0, 0.05) is 60.7 Å². The number of nitrogens with one attached hydrogen (secondary N) is 3. The monoisotopic (exact) mass is 924 g/mol. The van der Waals surface area contributed by atoms with Crippen LogP contribution in [-0.4, -0.2) is 52.7 Å². The molecular formula is C52H56N6O10. The van der Waals surface area contributed by atoms with Crippen LogP contribution in [0.3, 0.4) is 0 Å². The third kappa shape index (κ3) is 11.9. The van der Waals surface area contributed by atoms with E-state index in [1.807, 2.05) is 33.8 Å². The molecule has 0 aliphatic rings. The molecule has 0 saturated carbocycles. The molecule has 0 fully saturated rings. The highest BCUT2D eigenvalue weighted by atomic mass is 16.4. The molecule has 0 radical (unpaired) electrons. The topological polar surface area (TPSA) is 232 Å². The Bertz CT molecular complexity index is 3090. The molecule has 0 bridgehead atoms. The number of aliphatic carboxylic acids is 2. The predicted octanol–water partition coefficient (Wildman–Crippen LogP) is 6.55. The van der Waals surface area contributed by atoms with Gasteiger partial charge < -0.3 is 39.5 Å². The molecule has 16 heteroatoms. The maximum Gasteiger partial charge on any atom is 0.305 e. The lowest BCUT2D eigenvalue weighted by Crippen LogP contribution is -2.40. The lowest BCUT2D eigenvalue weighted by atomic mass is 9.96. The van der Waals surface area contributed by atoms with Crippen LogP contribution in [0.4, 0.5) is 0 Å². The summed E-state index contributed by atoms with van der Waals surface area (Å²) in [6.07, 6.45) is 4.09. The molecule has 5 N–H and O–H groups in total. The van der Waals surface area contributed by atoms with Gasteiger partial charge >= 0.3 is 11.9 Å². The molecule has 0 spiro atoms. The van der Waals surface area contributed by atoms with Crippen LogP contribution in [0.25, 0.3) is 33.4 Å². The molecule has 4 heterocycles.